The average molecular weight is 277 g/mol. The molecular weight excluding hydrogens is 266 g/mol. The van der Waals surface area contributed by atoms with Crippen molar-refractivity contribution in [3.63, 3.8) is 0 Å². The van der Waals surface area contributed by atoms with Crippen molar-refractivity contribution in [1.82, 2.24) is 16.0 Å². The minimum Gasteiger partial charge on any atom is -0.480 e. The van der Waals surface area contributed by atoms with Crippen LogP contribution in [0.2, 0.25) is 0 Å². The maximum absolute atomic E-state index is 11.1. The van der Waals surface area contributed by atoms with Gasteiger partial charge in [0.15, 0.2) is 0 Å². The molecule has 11 heteroatoms. The normalized spacial score (nSPS) is 10.9. The Morgan fingerprint density at radius 3 is 1.95 bits per heavy atom. The molecule has 0 aliphatic carbocycles. The Labute approximate surface area is 105 Å². The summed E-state index contributed by atoms with van der Waals surface area (Å²) >= 11 is 0. The summed E-state index contributed by atoms with van der Waals surface area (Å²) in [6.45, 7) is -1.39. The van der Waals surface area contributed by atoms with Gasteiger partial charge in [-0.2, -0.15) is 0 Å². The highest BCUT2D eigenvalue weighted by Crippen LogP contribution is 1.83. The summed E-state index contributed by atoms with van der Waals surface area (Å²) in [7, 11) is 0. The summed E-state index contributed by atoms with van der Waals surface area (Å²) in [6, 6.07) is -2.68. The molecule has 0 aromatic heterocycles. The minimum absolute atomic E-state index is 0.666. The van der Waals surface area contributed by atoms with Gasteiger partial charge in [-0.25, -0.2) is 14.4 Å². The second-order valence-corrected chi connectivity index (χ2v) is 3.13. The van der Waals surface area contributed by atoms with E-state index in [0.717, 1.165) is 0 Å². The highest BCUT2D eigenvalue weighted by atomic mass is 16.4. The Morgan fingerprint density at radius 2 is 1.53 bits per heavy atom. The molecule has 6 N–H and O–H groups in total. The number of rotatable bonds is 6. The Bertz CT molecular complexity index is 407. The number of carbonyl (C=O) groups is 5. The molecule has 0 aliphatic heterocycles. The van der Waals surface area contributed by atoms with Crippen molar-refractivity contribution in [2.75, 3.05) is 13.1 Å². The number of hydrogen-bond acceptors (Lipinski definition) is 5. The van der Waals surface area contributed by atoms with Gasteiger partial charge >= 0.3 is 29.8 Å². The highest BCUT2D eigenvalue weighted by molar-refractivity contribution is 6.31. The van der Waals surface area contributed by atoms with E-state index < -0.39 is 49.0 Å². The van der Waals surface area contributed by atoms with Gasteiger partial charge in [0.05, 0.1) is 0 Å². The first-order chi connectivity index (χ1) is 8.73. The lowest BCUT2D eigenvalue weighted by atomic mass is 10.3. The van der Waals surface area contributed by atoms with Gasteiger partial charge < -0.3 is 31.3 Å². The van der Waals surface area contributed by atoms with Crippen LogP contribution in [0.3, 0.4) is 0 Å². The molecule has 0 aliphatic rings. The zero-order chi connectivity index (χ0) is 15.0. The van der Waals surface area contributed by atoms with Crippen LogP contribution < -0.4 is 16.0 Å². The molecular formula is C8H11N3O8. The number of hydrogen-bond donors (Lipinski definition) is 6. The molecule has 1 atom stereocenters. The van der Waals surface area contributed by atoms with Crippen LogP contribution in [0.1, 0.15) is 0 Å². The van der Waals surface area contributed by atoms with E-state index in [-0.39, 0.29) is 0 Å². The smallest absolute Gasteiger partial charge is 0.394 e. The molecule has 0 fully saturated rings. The van der Waals surface area contributed by atoms with Crippen molar-refractivity contribution in [3.8, 4) is 0 Å². The van der Waals surface area contributed by atoms with Crippen LogP contribution in [0, 0.1) is 0 Å². The fourth-order valence-electron chi connectivity index (χ4n) is 0.836. The minimum atomic E-state index is -1.81. The first kappa shape index (κ1) is 16.1. The average Bonchev–Trinajstić information content (AvgIpc) is 2.30. The molecule has 0 rings (SSSR count). The number of carbonyl (C=O) groups excluding carboxylic acids is 2. The Balaban J connectivity index is 4.30. The Hall–Kier alpha value is -2.85. The summed E-state index contributed by atoms with van der Waals surface area (Å²) in [5.74, 6) is -6.10. The topological polar surface area (TPSA) is 182 Å². The predicted octanol–water partition coefficient (Wildman–Crippen LogP) is -2.98. The molecule has 0 saturated heterocycles. The van der Waals surface area contributed by atoms with Crippen LogP contribution >= 0.6 is 0 Å². The summed E-state index contributed by atoms with van der Waals surface area (Å²) in [5, 5.41) is 30.6. The van der Waals surface area contributed by atoms with Gasteiger partial charge in [0, 0.05) is 6.54 Å². The van der Waals surface area contributed by atoms with Crippen molar-refractivity contribution >= 4 is 29.8 Å². The number of nitrogens with one attached hydrogen (secondary N) is 3. The number of carboxylic acid groups (broad SMARTS) is 3. The molecule has 106 valence electrons. The van der Waals surface area contributed by atoms with Crippen LogP contribution in [-0.2, 0) is 19.2 Å². The van der Waals surface area contributed by atoms with Crippen LogP contribution in [-0.4, -0.2) is 64.3 Å². The van der Waals surface area contributed by atoms with Gasteiger partial charge in [0.25, 0.3) is 0 Å². The lowest BCUT2D eigenvalue weighted by Gasteiger charge is -2.14. The van der Waals surface area contributed by atoms with E-state index in [1.165, 1.54) is 0 Å². The van der Waals surface area contributed by atoms with E-state index >= 15 is 0 Å². The lowest BCUT2D eigenvalue weighted by molar-refractivity contribution is -0.150. The standard InChI is InChI=1S/C8H11N3O8/c12-4(13)2-10-8(19)11-3(6(15)16)1-9-5(14)7(17)18/h3H,1-2H2,(H,9,14)(H,12,13)(H,15,16)(H,17,18)(H2,10,11,19)/t3-/m0/s1. The van der Waals surface area contributed by atoms with E-state index in [1.54, 1.807) is 5.32 Å². The quantitative estimate of drug-likeness (QED) is 0.278. The molecule has 0 saturated carbocycles. The first-order valence-electron chi connectivity index (χ1n) is 4.74. The fraction of sp³-hybridized carbons (Fsp3) is 0.375. The first-order valence-corrected chi connectivity index (χ1v) is 4.74. The summed E-state index contributed by atoms with van der Waals surface area (Å²) in [5.41, 5.74) is 0. The van der Waals surface area contributed by atoms with Crippen molar-refractivity contribution in [3.05, 3.63) is 0 Å². The SMILES string of the molecule is O=C(O)CNC(=O)N[C@@H](CNC(=O)C(=O)O)C(=O)O. The van der Waals surface area contributed by atoms with E-state index in [9.17, 15) is 24.0 Å². The van der Waals surface area contributed by atoms with E-state index in [2.05, 4.69) is 0 Å². The molecule has 0 aromatic rings. The largest absolute Gasteiger partial charge is 0.480 e. The molecule has 0 heterocycles. The van der Waals surface area contributed by atoms with E-state index in [4.69, 9.17) is 15.3 Å². The molecule has 0 spiro atoms. The Morgan fingerprint density at radius 1 is 0.947 bits per heavy atom. The van der Waals surface area contributed by atoms with Gasteiger partial charge in [0.2, 0.25) is 0 Å². The van der Waals surface area contributed by atoms with Crippen molar-refractivity contribution < 1.29 is 39.3 Å². The third-order valence-corrected chi connectivity index (χ3v) is 1.66. The molecule has 0 aromatic carbocycles. The molecule has 3 amide bonds. The monoisotopic (exact) mass is 277 g/mol. The summed E-state index contributed by atoms with van der Waals surface area (Å²) in [6.07, 6.45) is 0. The fourth-order valence-corrected chi connectivity index (χ4v) is 0.836. The number of aliphatic carboxylic acids is 3. The van der Waals surface area contributed by atoms with Gasteiger partial charge in [-0.1, -0.05) is 0 Å². The molecule has 11 nitrogen and oxygen atoms in total. The van der Waals surface area contributed by atoms with Crippen molar-refractivity contribution in [2.24, 2.45) is 0 Å². The number of urea groups is 1. The zero-order valence-electron chi connectivity index (χ0n) is 9.37. The van der Waals surface area contributed by atoms with E-state index in [1.807, 2.05) is 10.6 Å². The van der Waals surface area contributed by atoms with Crippen LogP contribution in [0.5, 0.6) is 0 Å². The second-order valence-electron chi connectivity index (χ2n) is 3.13. The molecule has 0 bridgehead atoms. The third-order valence-electron chi connectivity index (χ3n) is 1.66. The molecule has 0 unspecified atom stereocenters. The predicted molar refractivity (Wildman–Crippen MR) is 56.2 cm³/mol. The van der Waals surface area contributed by atoms with Crippen molar-refractivity contribution in [2.45, 2.75) is 6.04 Å². The molecule has 19 heavy (non-hydrogen) atoms. The third kappa shape index (κ3) is 7.14. The van der Waals surface area contributed by atoms with Gasteiger partial charge in [-0.05, 0) is 0 Å². The zero-order valence-corrected chi connectivity index (χ0v) is 9.37. The van der Waals surface area contributed by atoms with Gasteiger partial charge in [-0.15, -0.1) is 0 Å². The molecule has 0 radical (unpaired) electrons. The van der Waals surface area contributed by atoms with E-state index in [0.29, 0.717) is 0 Å². The number of carboxylic acids is 3. The van der Waals surface area contributed by atoms with Gasteiger partial charge in [-0.3, -0.25) is 9.59 Å². The maximum Gasteiger partial charge on any atom is 0.394 e. The number of amides is 3. The van der Waals surface area contributed by atoms with Crippen molar-refractivity contribution in [1.29, 1.82) is 0 Å². The van der Waals surface area contributed by atoms with Crippen LogP contribution in [0.15, 0.2) is 0 Å². The second kappa shape index (κ2) is 7.47. The van der Waals surface area contributed by atoms with Crippen LogP contribution in [0.25, 0.3) is 0 Å². The Kier molecular flexibility index (Phi) is 6.35. The van der Waals surface area contributed by atoms with Gasteiger partial charge in [0.1, 0.15) is 12.6 Å². The summed E-state index contributed by atoms with van der Waals surface area (Å²) in [4.78, 5) is 52.7. The van der Waals surface area contributed by atoms with Crippen LogP contribution in [0.4, 0.5) is 4.79 Å². The maximum atomic E-state index is 11.1. The lowest BCUT2D eigenvalue weighted by Crippen LogP contribution is -2.52. The highest BCUT2D eigenvalue weighted by Gasteiger charge is 2.22. The summed E-state index contributed by atoms with van der Waals surface area (Å²) < 4.78 is 0.